The van der Waals surface area contributed by atoms with Crippen LogP contribution in [0.4, 0.5) is 0 Å². The summed E-state index contributed by atoms with van der Waals surface area (Å²) in [7, 11) is 1.35. The van der Waals surface area contributed by atoms with Gasteiger partial charge in [0.2, 0.25) is 0 Å². The lowest BCUT2D eigenvalue weighted by Gasteiger charge is -2.11. The zero-order valence-corrected chi connectivity index (χ0v) is 27.0. The maximum atomic E-state index is 10.0. The van der Waals surface area contributed by atoms with Crippen LogP contribution < -0.4 is 0 Å². The van der Waals surface area contributed by atoms with Gasteiger partial charge in [0, 0.05) is 40.7 Å². The highest BCUT2D eigenvalue weighted by Gasteiger charge is 2.05. The van der Waals surface area contributed by atoms with Crippen molar-refractivity contribution in [2.75, 3.05) is 20.3 Å². The van der Waals surface area contributed by atoms with Crippen molar-refractivity contribution in [3.63, 3.8) is 0 Å². The van der Waals surface area contributed by atoms with Crippen LogP contribution in [0.1, 0.15) is 95.9 Å². The molecule has 0 bridgehead atoms. The number of carbonyl (C=O) groups excluding carboxylic acids is 4. The van der Waals surface area contributed by atoms with E-state index >= 15 is 0 Å². The number of carboxylic acids is 1. The lowest BCUT2D eigenvalue weighted by Crippen LogP contribution is -2.09. The first kappa shape index (κ1) is 49.7. The van der Waals surface area contributed by atoms with Crippen molar-refractivity contribution in [3.8, 4) is 0 Å². The van der Waals surface area contributed by atoms with Crippen LogP contribution in [0.2, 0.25) is 0 Å². The quantitative estimate of drug-likeness (QED) is 0.328. The number of ether oxygens (including phenoxy) is 3. The second-order valence-electron chi connectivity index (χ2n) is 9.12. The molecule has 1 aromatic carbocycles. The van der Waals surface area contributed by atoms with Gasteiger partial charge in [-0.3, -0.25) is 19.2 Å². The topological polar surface area (TPSA) is 154 Å². The molecule has 0 saturated carbocycles. The number of aliphatic carboxylic acids is 1. The number of aliphatic hydroxyl groups is 1. The normalized spacial score (nSPS) is 8.47. The number of aliphatic hydroxyl groups excluding tert-OH is 1. The highest BCUT2D eigenvalue weighted by molar-refractivity contribution is 5.75. The number of carboxylic acid groups (broad SMARTS) is 1. The Bertz CT molecular complexity index is 662. The Balaban J connectivity index is -0.0000000848. The van der Waals surface area contributed by atoms with Crippen LogP contribution >= 0.6 is 0 Å². The smallest absolute Gasteiger partial charge is 0.302 e. The number of esters is 3. The molecule has 2 N–H and O–H groups in total. The van der Waals surface area contributed by atoms with Gasteiger partial charge in [0.15, 0.2) is 0 Å². The standard InChI is InChI=1S/C6H6.C5H10O2.C5H12O.C5H10O.C4H8O2.C3H6O2.C2H4O2/c1-2-4-6-5-3-1;1-4(2)7-5(3)6;1-5(2,3)4-6;1-3-4-5(2)6;1-3-6-4(2)5;1-3(4)5-2;1-2(3)4/h1-6H;4H,1-3H3;6H,4H2,1-3H3;3-4H2,1-2H3;3H2,1-2H3;1-2H3;1H3,(H,3,4). The molecule has 0 spiro atoms. The summed E-state index contributed by atoms with van der Waals surface area (Å²) in [6.45, 7) is 21.0. The van der Waals surface area contributed by atoms with Gasteiger partial charge in [0.25, 0.3) is 5.97 Å². The van der Waals surface area contributed by atoms with Gasteiger partial charge in [0.05, 0.1) is 19.8 Å². The number of hydrogen-bond acceptors (Lipinski definition) is 9. The van der Waals surface area contributed by atoms with Crippen molar-refractivity contribution >= 4 is 29.7 Å². The molecule has 1 aromatic rings. The number of rotatable bonds is 4. The molecule has 0 unspecified atom stereocenters. The number of carbonyl (C=O) groups is 5. The number of methoxy groups -OCH3 is 1. The van der Waals surface area contributed by atoms with E-state index in [9.17, 15) is 19.2 Å². The van der Waals surface area contributed by atoms with E-state index in [0.29, 0.717) is 6.61 Å². The third-order valence-corrected chi connectivity index (χ3v) is 2.78. The van der Waals surface area contributed by atoms with E-state index in [1.807, 2.05) is 77.9 Å². The van der Waals surface area contributed by atoms with Crippen LogP contribution in [-0.4, -0.2) is 66.3 Å². The molecular formula is C30H56O10. The minimum atomic E-state index is -0.833. The molecule has 0 saturated heterocycles. The highest BCUT2D eigenvalue weighted by atomic mass is 16.5. The number of Topliss-reactive ketones (excluding diaryl/α,β-unsaturated/α-hetero) is 1. The number of benzene rings is 1. The molecular weight excluding hydrogens is 520 g/mol. The van der Waals surface area contributed by atoms with Gasteiger partial charge in [-0.1, -0.05) is 64.1 Å². The molecule has 0 aliphatic rings. The summed E-state index contributed by atoms with van der Waals surface area (Å²) in [6, 6.07) is 12.0. The van der Waals surface area contributed by atoms with Crippen molar-refractivity contribution < 1.29 is 48.4 Å². The van der Waals surface area contributed by atoms with Crippen LogP contribution in [0.5, 0.6) is 0 Å². The Morgan fingerprint density at radius 2 is 1.05 bits per heavy atom. The largest absolute Gasteiger partial charge is 0.481 e. The molecule has 0 aromatic heterocycles. The predicted octanol–water partition coefficient (Wildman–Crippen LogP) is 5.88. The van der Waals surface area contributed by atoms with Crippen molar-refractivity contribution in [2.45, 2.75) is 102 Å². The summed E-state index contributed by atoms with van der Waals surface area (Å²) in [5.41, 5.74) is 0.0972. The van der Waals surface area contributed by atoms with Crippen LogP contribution in [0.25, 0.3) is 0 Å². The van der Waals surface area contributed by atoms with Crippen molar-refractivity contribution in [1.82, 2.24) is 0 Å². The Labute approximate surface area is 242 Å². The summed E-state index contributed by atoms with van der Waals surface area (Å²) in [5.74, 6) is -1.21. The Morgan fingerprint density at radius 1 is 0.750 bits per heavy atom. The summed E-state index contributed by atoms with van der Waals surface area (Å²) in [6.07, 6.45) is 1.74. The lowest BCUT2D eigenvalue weighted by atomic mass is 9.99. The molecule has 10 heteroatoms. The van der Waals surface area contributed by atoms with Gasteiger partial charge in [-0.05, 0) is 39.5 Å². The average Bonchev–Trinajstić information content (AvgIpc) is 2.80. The van der Waals surface area contributed by atoms with Gasteiger partial charge in [-0.2, -0.15) is 0 Å². The Morgan fingerprint density at radius 3 is 1.07 bits per heavy atom. The van der Waals surface area contributed by atoms with Gasteiger partial charge in [-0.25, -0.2) is 0 Å². The fraction of sp³-hybridized carbons (Fsp3) is 0.633. The molecule has 10 nitrogen and oxygen atoms in total. The van der Waals surface area contributed by atoms with Crippen molar-refractivity contribution in [2.24, 2.45) is 5.41 Å². The van der Waals surface area contributed by atoms with E-state index in [-0.39, 0.29) is 41.8 Å². The number of hydrogen-bond donors (Lipinski definition) is 2. The molecule has 0 aliphatic carbocycles. The molecule has 40 heavy (non-hydrogen) atoms. The molecule has 0 heterocycles. The first-order valence-corrected chi connectivity index (χ1v) is 12.9. The molecule has 0 fully saturated rings. The zero-order valence-electron chi connectivity index (χ0n) is 27.0. The third kappa shape index (κ3) is 126. The molecule has 236 valence electrons. The fourth-order valence-corrected chi connectivity index (χ4v) is 1.27. The molecule has 0 aliphatic heterocycles. The SMILES string of the molecule is CC(=O)O.CC(=O)OC(C)C.CC(C)(C)CO.CCCC(C)=O.CCOC(C)=O.COC(C)=O.c1ccccc1. The highest BCUT2D eigenvalue weighted by Crippen LogP contribution is 2.09. The first-order chi connectivity index (χ1) is 18.2. The maximum Gasteiger partial charge on any atom is 0.302 e. The van der Waals surface area contributed by atoms with Crippen molar-refractivity contribution in [3.05, 3.63) is 36.4 Å². The minimum Gasteiger partial charge on any atom is -0.481 e. The van der Waals surface area contributed by atoms with E-state index in [1.165, 1.54) is 27.9 Å². The second kappa shape index (κ2) is 37.9. The van der Waals surface area contributed by atoms with Gasteiger partial charge >= 0.3 is 17.9 Å². The summed E-state index contributed by atoms with van der Waals surface area (Å²) < 4.78 is 13.1. The van der Waals surface area contributed by atoms with E-state index in [4.69, 9.17) is 15.0 Å². The summed E-state index contributed by atoms with van der Waals surface area (Å²) >= 11 is 0. The Kier molecular flexibility index (Phi) is 47.0. The molecule has 0 atom stereocenters. The average molecular weight is 577 g/mol. The van der Waals surface area contributed by atoms with Gasteiger partial charge in [0.1, 0.15) is 5.78 Å². The third-order valence-electron chi connectivity index (χ3n) is 2.78. The minimum absolute atomic E-state index is 0.0255. The van der Waals surface area contributed by atoms with Crippen LogP contribution in [-0.2, 0) is 38.2 Å². The monoisotopic (exact) mass is 576 g/mol. The van der Waals surface area contributed by atoms with Gasteiger partial charge in [-0.15, -0.1) is 0 Å². The predicted molar refractivity (Wildman–Crippen MR) is 159 cm³/mol. The van der Waals surface area contributed by atoms with Crippen LogP contribution in [0.3, 0.4) is 0 Å². The van der Waals surface area contributed by atoms with Gasteiger partial charge < -0.3 is 29.2 Å². The summed E-state index contributed by atoms with van der Waals surface area (Å²) in [5, 5.41) is 15.8. The Hall–Kier alpha value is -3.27. The van der Waals surface area contributed by atoms with E-state index in [1.54, 1.807) is 13.8 Å². The second-order valence-corrected chi connectivity index (χ2v) is 9.12. The summed E-state index contributed by atoms with van der Waals surface area (Å²) in [4.78, 5) is 48.5. The van der Waals surface area contributed by atoms with Crippen LogP contribution in [0, 0.1) is 5.41 Å². The van der Waals surface area contributed by atoms with E-state index < -0.39 is 5.97 Å². The maximum absolute atomic E-state index is 10.0. The molecule has 0 amide bonds. The first-order valence-electron chi connectivity index (χ1n) is 12.9. The van der Waals surface area contributed by atoms with Crippen molar-refractivity contribution in [1.29, 1.82) is 0 Å². The number of ketones is 1. The fourth-order valence-electron chi connectivity index (χ4n) is 1.27. The van der Waals surface area contributed by atoms with E-state index in [0.717, 1.165) is 19.8 Å². The zero-order chi connectivity index (χ0) is 33.2. The van der Waals surface area contributed by atoms with E-state index in [2.05, 4.69) is 14.2 Å². The molecule has 0 radical (unpaired) electrons. The molecule has 1 rings (SSSR count). The lowest BCUT2D eigenvalue weighted by molar-refractivity contribution is -0.144. The van der Waals surface area contributed by atoms with Crippen LogP contribution in [0.15, 0.2) is 36.4 Å².